The van der Waals surface area contributed by atoms with Crippen LogP contribution < -0.4 is 4.74 Å². The lowest BCUT2D eigenvalue weighted by Gasteiger charge is -2.20. The van der Waals surface area contributed by atoms with Gasteiger partial charge >= 0.3 is 0 Å². The fraction of sp³-hybridized carbons (Fsp3) is 0.320. The fourth-order valence-electron chi connectivity index (χ4n) is 3.73. The van der Waals surface area contributed by atoms with Gasteiger partial charge in [0, 0.05) is 35.0 Å². The Morgan fingerprint density at radius 2 is 1.80 bits per heavy atom. The second kappa shape index (κ2) is 10.3. The number of hydrogen-bond acceptors (Lipinski definition) is 8. The maximum Gasteiger partial charge on any atom is 0.247 e. The lowest BCUT2D eigenvalue weighted by atomic mass is 10.2. The summed E-state index contributed by atoms with van der Waals surface area (Å²) in [4.78, 5) is 19.2. The molecule has 0 aliphatic heterocycles. The van der Waals surface area contributed by atoms with Crippen LogP contribution in [0.4, 0.5) is 0 Å². The van der Waals surface area contributed by atoms with E-state index in [-0.39, 0.29) is 11.9 Å². The molecule has 0 bridgehead atoms. The van der Waals surface area contributed by atoms with Crippen LogP contribution in [0.15, 0.2) is 57.5 Å². The quantitative estimate of drug-likeness (QED) is 0.305. The SMILES string of the molecule is COc1ccc(-c2noc(CCCC(=O)N(Cc3nnc(-c4ccc(Cl)cc4)o3)C3CC3)n2)cc1. The van der Waals surface area contributed by atoms with Crippen LogP contribution in [0.5, 0.6) is 5.75 Å². The highest BCUT2D eigenvalue weighted by Gasteiger charge is 2.33. The van der Waals surface area contributed by atoms with Crippen molar-refractivity contribution in [1.82, 2.24) is 25.2 Å². The Labute approximate surface area is 207 Å². The molecule has 5 rings (SSSR count). The van der Waals surface area contributed by atoms with Crippen molar-refractivity contribution < 1.29 is 18.5 Å². The molecule has 1 aliphatic rings. The number of halogens is 1. The summed E-state index contributed by atoms with van der Waals surface area (Å²) in [7, 11) is 1.62. The van der Waals surface area contributed by atoms with E-state index in [0.29, 0.717) is 54.3 Å². The Balaban J connectivity index is 1.15. The normalized spacial score (nSPS) is 13.1. The van der Waals surface area contributed by atoms with Crippen LogP contribution in [0.2, 0.25) is 5.02 Å². The van der Waals surface area contributed by atoms with Crippen LogP contribution in [0, 0.1) is 0 Å². The maximum atomic E-state index is 13.0. The molecular formula is C25H24ClN5O4. The number of carbonyl (C=O) groups excluding carboxylic acids is 1. The second-order valence-corrected chi connectivity index (χ2v) is 8.79. The van der Waals surface area contributed by atoms with Crippen molar-refractivity contribution in [1.29, 1.82) is 0 Å². The van der Waals surface area contributed by atoms with Gasteiger partial charge in [0.05, 0.1) is 13.7 Å². The van der Waals surface area contributed by atoms with Crippen LogP contribution >= 0.6 is 11.6 Å². The Bertz CT molecular complexity index is 1280. The highest BCUT2D eigenvalue weighted by atomic mass is 35.5. The van der Waals surface area contributed by atoms with Crippen molar-refractivity contribution in [3.63, 3.8) is 0 Å². The molecule has 2 heterocycles. The number of aromatic nitrogens is 4. The number of amides is 1. The number of nitrogens with zero attached hydrogens (tertiary/aromatic N) is 5. The molecule has 4 aromatic rings. The van der Waals surface area contributed by atoms with Crippen LogP contribution in [0.1, 0.15) is 37.5 Å². The Morgan fingerprint density at radius 1 is 1.06 bits per heavy atom. The monoisotopic (exact) mass is 493 g/mol. The average molecular weight is 494 g/mol. The van der Waals surface area contributed by atoms with Gasteiger partial charge in [-0.25, -0.2) is 0 Å². The van der Waals surface area contributed by atoms with E-state index in [2.05, 4.69) is 20.3 Å². The molecule has 0 unspecified atom stereocenters. The van der Waals surface area contributed by atoms with Crippen molar-refractivity contribution in [2.45, 2.75) is 44.7 Å². The van der Waals surface area contributed by atoms with Crippen molar-refractivity contribution >= 4 is 17.5 Å². The van der Waals surface area contributed by atoms with Gasteiger partial charge in [-0.3, -0.25) is 4.79 Å². The van der Waals surface area contributed by atoms with Crippen molar-refractivity contribution in [3.05, 3.63) is 65.3 Å². The van der Waals surface area contributed by atoms with Gasteiger partial charge in [0.25, 0.3) is 0 Å². The smallest absolute Gasteiger partial charge is 0.247 e. The standard InChI is InChI=1S/C25H24ClN5O4/c1-33-20-13-7-16(8-14-20)24-27-21(35-30-24)3-2-4-23(32)31(19-11-12-19)15-22-28-29-25(34-22)17-5-9-18(26)10-6-17/h5-10,13-14,19H,2-4,11-12,15H2,1H3. The van der Waals surface area contributed by atoms with E-state index in [1.807, 2.05) is 41.3 Å². The molecule has 0 atom stereocenters. The third-order valence-electron chi connectivity index (χ3n) is 5.77. The average Bonchev–Trinajstić information content (AvgIpc) is 3.42. The molecule has 0 saturated heterocycles. The van der Waals surface area contributed by atoms with E-state index >= 15 is 0 Å². The summed E-state index contributed by atoms with van der Waals surface area (Å²) in [5.74, 6) is 2.65. The Kier molecular flexibility index (Phi) is 6.76. The van der Waals surface area contributed by atoms with E-state index in [1.54, 1.807) is 19.2 Å². The molecule has 35 heavy (non-hydrogen) atoms. The summed E-state index contributed by atoms with van der Waals surface area (Å²) < 4.78 is 16.3. The minimum atomic E-state index is 0.0497. The van der Waals surface area contributed by atoms with Crippen LogP contribution in [0.25, 0.3) is 22.8 Å². The van der Waals surface area contributed by atoms with E-state index in [4.69, 9.17) is 25.3 Å². The molecular weight excluding hydrogens is 470 g/mol. The van der Waals surface area contributed by atoms with Gasteiger partial charge in [-0.1, -0.05) is 16.8 Å². The molecule has 180 valence electrons. The zero-order chi connectivity index (χ0) is 24.2. The molecule has 10 heteroatoms. The van der Waals surface area contributed by atoms with Crippen molar-refractivity contribution in [2.24, 2.45) is 0 Å². The zero-order valence-corrected chi connectivity index (χ0v) is 19.9. The molecule has 1 aliphatic carbocycles. The number of ether oxygens (including phenoxy) is 1. The van der Waals surface area contributed by atoms with E-state index in [1.165, 1.54) is 0 Å². The molecule has 0 N–H and O–H groups in total. The largest absolute Gasteiger partial charge is 0.497 e. The maximum absolute atomic E-state index is 13.0. The zero-order valence-electron chi connectivity index (χ0n) is 19.2. The predicted octanol–water partition coefficient (Wildman–Crippen LogP) is 4.96. The summed E-state index contributed by atoms with van der Waals surface area (Å²) in [6.07, 6.45) is 3.47. The molecule has 0 radical (unpaired) electrons. The molecule has 1 fully saturated rings. The first-order chi connectivity index (χ1) is 17.1. The summed E-state index contributed by atoms with van der Waals surface area (Å²) in [5.41, 5.74) is 1.63. The minimum absolute atomic E-state index is 0.0497. The van der Waals surface area contributed by atoms with Gasteiger partial charge < -0.3 is 18.6 Å². The first kappa shape index (κ1) is 23.0. The second-order valence-electron chi connectivity index (χ2n) is 8.35. The molecule has 1 amide bonds. The molecule has 9 nitrogen and oxygen atoms in total. The number of aryl methyl sites for hydroxylation is 1. The Morgan fingerprint density at radius 3 is 2.51 bits per heavy atom. The van der Waals surface area contributed by atoms with Gasteiger partial charge in [-0.05, 0) is 67.8 Å². The highest BCUT2D eigenvalue weighted by Crippen LogP contribution is 2.30. The summed E-state index contributed by atoms with van der Waals surface area (Å²) in [6.45, 7) is 0.298. The van der Waals surface area contributed by atoms with Crippen LogP contribution in [-0.4, -0.2) is 44.3 Å². The lowest BCUT2D eigenvalue weighted by Crippen LogP contribution is -2.32. The lowest BCUT2D eigenvalue weighted by molar-refractivity contribution is -0.132. The minimum Gasteiger partial charge on any atom is -0.497 e. The molecule has 2 aromatic heterocycles. The van der Waals surface area contributed by atoms with Crippen LogP contribution in [0.3, 0.4) is 0 Å². The van der Waals surface area contributed by atoms with Gasteiger partial charge in [-0.2, -0.15) is 4.98 Å². The van der Waals surface area contributed by atoms with E-state index in [9.17, 15) is 4.79 Å². The third-order valence-corrected chi connectivity index (χ3v) is 6.02. The van der Waals surface area contributed by atoms with Crippen LogP contribution in [-0.2, 0) is 17.8 Å². The fourth-order valence-corrected chi connectivity index (χ4v) is 3.85. The number of carbonyl (C=O) groups is 1. The molecule has 2 aromatic carbocycles. The molecule has 0 spiro atoms. The van der Waals surface area contributed by atoms with Crippen molar-refractivity contribution in [3.8, 4) is 28.6 Å². The molecule has 1 saturated carbocycles. The van der Waals surface area contributed by atoms with Gasteiger partial charge in [0.1, 0.15) is 5.75 Å². The number of rotatable bonds is 10. The number of benzene rings is 2. The van der Waals surface area contributed by atoms with Gasteiger partial charge in [0.2, 0.25) is 29.4 Å². The summed E-state index contributed by atoms with van der Waals surface area (Å²) in [5, 5.41) is 12.9. The van der Waals surface area contributed by atoms with Gasteiger partial charge in [0.15, 0.2) is 0 Å². The first-order valence-corrected chi connectivity index (χ1v) is 11.8. The van der Waals surface area contributed by atoms with Crippen molar-refractivity contribution in [2.75, 3.05) is 7.11 Å². The first-order valence-electron chi connectivity index (χ1n) is 11.4. The number of methoxy groups -OCH3 is 1. The number of hydrogen-bond donors (Lipinski definition) is 0. The predicted molar refractivity (Wildman–Crippen MR) is 128 cm³/mol. The van der Waals surface area contributed by atoms with Gasteiger partial charge in [-0.15, -0.1) is 10.2 Å². The van der Waals surface area contributed by atoms with E-state index < -0.39 is 0 Å². The Hall–Kier alpha value is -3.72. The highest BCUT2D eigenvalue weighted by molar-refractivity contribution is 6.30. The summed E-state index contributed by atoms with van der Waals surface area (Å²) in [6, 6.07) is 14.8. The topological polar surface area (TPSA) is 107 Å². The summed E-state index contributed by atoms with van der Waals surface area (Å²) >= 11 is 5.94. The van der Waals surface area contributed by atoms with E-state index in [0.717, 1.165) is 29.7 Å². The third kappa shape index (κ3) is 5.68.